The number of nitrogens with zero attached hydrogens (tertiary/aromatic N) is 3. The number of fused-ring (bicyclic) bond motifs is 3. The first-order valence-electron chi connectivity index (χ1n) is 11.2. The van der Waals surface area contributed by atoms with E-state index in [2.05, 4.69) is 10.3 Å². The van der Waals surface area contributed by atoms with E-state index in [-0.39, 0.29) is 23.5 Å². The first-order chi connectivity index (χ1) is 17.5. The Hall–Kier alpha value is -4.66. The highest BCUT2D eigenvalue weighted by Gasteiger charge is 2.19. The molecule has 5 aromatic rings. The first kappa shape index (κ1) is 23.1. The third kappa shape index (κ3) is 4.38. The molecule has 8 nitrogen and oxygen atoms in total. The van der Waals surface area contributed by atoms with Crippen LogP contribution in [0.1, 0.15) is 5.56 Å². The monoisotopic (exact) mass is 486 g/mol. The molecule has 0 radical (unpaired) electrons. The van der Waals surface area contributed by atoms with Crippen molar-refractivity contribution in [1.29, 1.82) is 0 Å². The van der Waals surface area contributed by atoms with Crippen LogP contribution in [-0.2, 0) is 17.9 Å². The molecule has 0 atom stereocenters. The Morgan fingerprint density at radius 1 is 1.00 bits per heavy atom. The van der Waals surface area contributed by atoms with Gasteiger partial charge in [-0.2, -0.15) is 0 Å². The summed E-state index contributed by atoms with van der Waals surface area (Å²) >= 11 is 0. The molecule has 1 N–H and O–H groups in total. The summed E-state index contributed by atoms with van der Waals surface area (Å²) < 4.78 is 27.7. The van der Waals surface area contributed by atoms with Gasteiger partial charge in [-0.3, -0.25) is 14.2 Å². The molecule has 2 heterocycles. The topological polar surface area (TPSA) is 87.4 Å². The maximum absolute atomic E-state index is 14.1. The number of carbonyl (C=O) groups is 1. The molecule has 0 aliphatic rings. The van der Waals surface area contributed by atoms with Crippen LogP contribution in [-0.4, -0.2) is 34.2 Å². The maximum atomic E-state index is 14.1. The number of halogens is 1. The number of ether oxygens (including phenoxy) is 2. The van der Waals surface area contributed by atoms with Crippen molar-refractivity contribution in [3.05, 3.63) is 94.8 Å². The molecule has 0 spiro atoms. The molecule has 0 bridgehead atoms. The fraction of sp³-hybridized carbons (Fsp3) is 0.148. The van der Waals surface area contributed by atoms with E-state index in [9.17, 15) is 14.0 Å². The fourth-order valence-corrected chi connectivity index (χ4v) is 4.25. The van der Waals surface area contributed by atoms with Gasteiger partial charge in [0.1, 0.15) is 34.9 Å². The molecule has 9 heteroatoms. The standard InChI is InChI=1S/C27H23FN4O4/c1-35-20-11-19(12-21(13-20)36-2)30-24(33)15-32-23-9-8-18(28)10-22(23)25-26(32)27(34)31(16-29-25)14-17-6-4-3-5-7-17/h3-13,16H,14-15H2,1-2H3,(H,30,33). The molecule has 3 aromatic carbocycles. The number of carbonyl (C=O) groups excluding carboxylic acids is 1. The molecule has 0 fully saturated rings. The average molecular weight is 487 g/mol. The number of rotatable bonds is 7. The lowest BCUT2D eigenvalue weighted by Gasteiger charge is -2.12. The molecule has 36 heavy (non-hydrogen) atoms. The van der Waals surface area contributed by atoms with Gasteiger partial charge in [0.05, 0.1) is 32.6 Å². The zero-order valence-electron chi connectivity index (χ0n) is 19.7. The molecule has 0 saturated heterocycles. The van der Waals surface area contributed by atoms with Crippen LogP contribution in [0, 0.1) is 5.82 Å². The zero-order chi connectivity index (χ0) is 25.2. The van der Waals surface area contributed by atoms with Crippen molar-refractivity contribution in [2.24, 2.45) is 0 Å². The number of hydrogen-bond donors (Lipinski definition) is 1. The normalized spacial score (nSPS) is 11.1. The van der Waals surface area contributed by atoms with Crippen molar-refractivity contribution >= 4 is 33.5 Å². The van der Waals surface area contributed by atoms with Crippen molar-refractivity contribution < 1.29 is 18.7 Å². The first-order valence-corrected chi connectivity index (χ1v) is 11.2. The predicted molar refractivity (Wildman–Crippen MR) is 135 cm³/mol. The van der Waals surface area contributed by atoms with Crippen molar-refractivity contribution in [2.45, 2.75) is 13.1 Å². The Labute approximate surface area is 205 Å². The lowest BCUT2D eigenvalue weighted by atomic mass is 10.2. The molecule has 0 saturated carbocycles. The summed E-state index contributed by atoms with van der Waals surface area (Å²) in [6, 6.07) is 18.7. The molecule has 0 aliphatic heterocycles. The van der Waals surface area contributed by atoms with E-state index in [1.807, 2.05) is 30.3 Å². The third-order valence-electron chi connectivity index (χ3n) is 5.92. The van der Waals surface area contributed by atoms with E-state index in [4.69, 9.17) is 9.47 Å². The van der Waals surface area contributed by atoms with Gasteiger partial charge in [0, 0.05) is 29.3 Å². The minimum Gasteiger partial charge on any atom is -0.497 e. The Kier molecular flexibility index (Phi) is 6.12. The highest BCUT2D eigenvalue weighted by Crippen LogP contribution is 2.28. The summed E-state index contributed by atoms with van der Waals surface area (Å²) in [5, 5.41) is 3.28. The quantitative estimate of drug-likeness (QED) is 0.373. The summed E-state index contributed by atoms with van der Waals surface area (Å²) in [6.45, 7) is 0.131. The number of benzene rings is 3. The number of amides is 1. The van der Waals surface area contributed by atoms with E-state index in [1.54, 1.807) is 28.8 Å². The van der Waals surface area contributed by atoms with Crippen LogP contribution in [0.25, 0.3) is 21.9 Å². The number of methoxy groups -OCH3 is 2. The van der Waals surface area contributed by atoms with E-state index in [0.717, 1.165) is 5.56 Å². The Morgan fingerprint density at radius 3 is 2.42 bits per heavy atom. The summed E-state index contributed by atoms with van der Waals surface area (Å²) in [5.74, 6) is 0.200. The van der Waals surface area contributed by atoms with Gasteiger partial charge < -0.3 is 19.4 Å². The minimum atomic E-state index is -0.454. The second-order valence-corrected chi connectivity index (χ2v) is 8.26. The molecule has 2 aromatic heterocycles. The van der Waals surface area contributed by atoms with Crippen LogP contribution >= 0.6 is 0 Å². The van der Waals surface area contributed by atoms with Crippen LogP contribution in [0.3, 0.4) is 0 Å². The lowest BCUT2D eigenvalue weighted by Crippen LogP contribution is -2.25. The van der Waals surface area contributed by atoms with Gasteiger partial charge in [0.25, 0.3) is 5.56 Å². The molecule has 0 unspecified atom stereocenters. The molecule has 182 valence electrons. The molecular weight excluding hydrogens is 463 g/mol. The fourth-order valence-electron chi connectivity index (χ4n) is 4.25. The Bertz CT molecular complexity index is 1620. The van der Waals surface area contributed by atoms with Gasteiger partial charge in [-0.15, -0.1) is 0 Å². The Morgan fingerprint density at radius 2 is 1.72 bits per heavy atom. The highest BCUT2D eigenvalue weighted by molar-refractivity contribution is 6.06. The maximum Gasteiger partial charge on any atom is 0.278 e. The van der Waals surface area contributed by atoms with E-state index < -0.39 is 5.82 Å². The highest BCUT2D eigenvalue weighted by atomic mass is 19.1. The molecular formula is C27H23FN4O4. The second kappa shape index (κ2) is 9.53. The van der Waals surface area contributed by atoms with Crippen molar-refractivity contribution in [3.63, 3.8) is 0 Å². The zero-order valence-corrected chi connectivity index (χ0v) is 19.7. The van der Waals surface area contributed by atoms with Gasteiger partial charge in [-0.1, -0.05) is 30.3 Å². The van der Waals surface area contributed by atoms with Crippen LogP contribution in [0.4, 0.5) is 10.1 Å². The minimum absolute atomic E-state index is 0.183. The SMILES string of the molecule is COc1cc(NC(=O)Cn2c3ccc(F)cc3c3ncn(Cc4ccccc4)c(=O)c32)cc(OC)c1. The lowest BCUT2D eigenvalue weighted by molar-refractivity contribution is -0.116. The van der Waals surface area contributed by atoms with Gasteiger partial charge >= 0.3 is 0 Å². The van der Waals surface area contributed by atoms with Crippen molar-refractivity contribution in [3.8, 4) is 11.5 Å². The van der Waals surface area contributed by atoms with Gasteiger partial charge in [-0.25, -0.2) is 9.37 Å². The smallest absolute Gasteiger partial charge is 0.278 e. The average Bonchev–Trinajstić information content (AvgIpc) is 3.18. The van der Waals surface area contributed by atoms with E-state index >= 15 is 0 Å². The summed E-state index contributed by atoms with van der Waals surface area (Å²) in [6.07, 6.45) is 1.45. The number of nitrogens with one attached hydrogen (secondary N) is 1. The summed E-state index contributed by atoms with van der Waals surface area (Å²) in [4.78, 5) is 31.1. The van der Waals surface area contributed by atoms with Gasteiger partial charge in [0.2, 0.25) is 5.91 Å². The number of anilines is 1. The van der Waals surface area contributed by atoms with Crippen molar-refractivity contribution in [2.75, 3.05) is 19.5 Å². The summed E-state index contributed by atoms with van der Waals surface area (Å²) in [5.41, 5.74) is 2.19. The van der Waals surface area contributed by atoms with E-state index in [1.165, 1.54) is 37.2 Å². The van der Waals surface area contributed by atoms with Crippen LogP contribution < -0.4 is 20.3 Å². The largest absolute Gasteiger partial charge is 0.497 e. The van der Waals surface area contributed by atoms with Crippen molar-refractivity contribution in [1.82, 2.24) is 14.1 Å². The third-order valence-corrected chi connectivity index (χ3v) is 5.92. The van der Waals surface area contributed by atoms with Gasteiger partial charge in [-0.05, 0) is 23.8 Å². The Balaban J connectivity index is 1.57. The molecule has 5 rings (SSSR count). The van der Waals surface area contributed by atoms with Crippen LogP contribution in [0.5, 0.6) is 11.5 Å². The predicted octanol–water partition coefficient (Wildman–Crippen LogP) is 4.19. The summed E-state index contributed by atoms with van der Waals surface area (Å²) in [7, 11) is 3.04. The number of aromatic nitrogens is 3. The van der Waals surface area contributed by atoms with Gasteiger partial charge in [0.15, 0.2) is 0 Å². The molecule has 0 aliphatic carbocycles. The van der Waals surface area contributed by atoms with E-state index in [0.29, 0.717) is 40.2 Å². The van der Waals surface area contributed by atoms with Crippen LogP contribution in [0.2, 0.25) is 0 Å². The second-order valence-electron chi connectivity index (χ2n) is 8.26. The molecule has 1 amide bonds. The van der Waals surface area contributed by atoms with Crippen LogP contribution in [0.15, 0.2) is 77.9 Å². The number of hydrogen-bond acceptors (Lipinski definition) is 5.